The molecule has 110 valence electrons. The Morgan fingerprint density at radius 3 is 2.52 bits per heavy atom. The minimum atomic E-state index is 0.708. The third-order valence-electron chi connectivity index (χ3n) is 4.35. The minimum absolute atomic E-state index is 0.708. The number of piperidine rings is 1. The van der Waals surface area contributed by atoms with E-state index in [0.29, 0.717) is 5.92 Å². The highest BCUT2D eigenvalue weighted by Gasteiger charge is 2.20. The van der Waals surface area contributed by atoms with Gasteiger partial charge < -0.3 is 0 Å². The van der Waals surface area contributed by atoms with E-state index >= 15 is 0 Å². The van der Waals surface area contributed by atoms with Gasteiger partial charge in [-0.25, -0.2) is 0 Å². The van der Waals surface area contributed by atoms with E-state index in [9.17, 15) is 0 Å². The Morgan fingerprint density at radius 2 is 1.81 bits per heavy atom. The molecule has 1 aliphatic heterocycles. The molecular weight excluding hydrogens is 276 g/mol. The average molecular weight is 298 g/mol. The standard InChI is InChI=1S/C18H22N2S/c1-21-18-5-3-2-4-17(18)14-20-12-8-16(9-13-20)15-6-10-19-11-7-15/h2-7,10-11,16H,8-9,12-14H2,1H3. The average Bonchev–Trinajstić information content (AvgIpc) is 2.57. The number of likely N-dealkylation sites (tertiary alicyclic amines) is 1. The van der Waals surface area contributed by atoms with Crippen molar-refractivity contribution in [3.63, 3.8) is 0 Å². The van der Waals surface area contributed by atoms with Crippen LogP contribution in [0.1, 0.15) is 29.9 Å². The molecule has 3 heteroatoms. The van der Waals surface area contributed by atoms with Crippen LogP contribution in [-0.4, -0.2) is 29.2 Å². The SMILES string of the molecule is CSc1ccccc1CN1CCC(c2ccncc2)CC1. The fourth-order valence-corrected chi connectivity index (χ4v) is 3.74. The second-order valence-corrected chi connectivity index (χ2v) is 6.49. The normalized spacial score (nSPS) is 17.0. The first-order valence-electron chi connectivity index (χ1n) is 7.61. The largest absolute Gasteiger partial charge is 0.299 e. The Balaban J connectivity index is 1.59. The van der Waals surface area contributed by atoms with Crippen molar-refractivity contribution in [2.75, 3.05) is 19.3 Å². The zero-order valence-electron chi connectivity index (χ0n) is 12.5. The Labute approximate surface area is 131 Å². The van der Waals surface area contributed by atoms with Gasteiger partial charge in [0.25, 0.3) is 0 Å². The molecular formula is C18H22N2S. The molecule has 1 aromatic carbocycles. The molecule has 0 N–H and O–H groups in total. The van der Waals surface area contributed by atoms with Gasteiger partial charge in [-0.05, 0) is 67.4 Å². The Bertz CT molecular complexity index is 562. The van der Waals surface area contributed by atoms with E-state index in [-0.39, 0.29) is 0 Å². The van der Waals surface area contributed by atoms with Crippen molar-refractivity contribution in [3.8, 4) is 0 Å². The van der Waals surface area contributed by atoms with E-state index in [4.69, 9.17) is 0 Å². The molecule has 0 atom stereocenters. The van der Waals surface area contributed by atoms with E-state index in [1.54, 1.807) is 0 Å². The van der Waals surface area contributed by atoms with Crippen LogP contribution in [0.4, 0.5) is 0 Å². The molecule has 1 fully saturated rings. The summed E-state index contributed by atoms with van der Waals surface area (Å²) in [4.78, 5) is 8.12. The van der Waals surface area contributed by atoms with Gasteiger partial charge in [-0.15, -0.1) is 11.8 Å². The molecule has 2 nitrogen and oxygen atoms in total. The van der Waals surface area contributed by atoms with E-state index in [0.717, 1.165) is 6.54 Å². The Morgan fingerprint density at radius 1 is 1.10 bits per heavy atom. The molecule has 1 saturated heterocycles. The first-order valence-corrected chi connectivity index (χ1v) is 8.83. The zero-order chi connectivity index (χ0) is 14.5. The van der Waals surface area contributed by atoms with Gasteiger partial charge in [0.1, 0.15) is 0 Å². The lowest BCUT2D eigenvalue weighted by molar-refractivity contribution is 0.203. The van der Waals surface area contributed by atoms with Crippen LogP contribution in [-0.2, 0) is 6.54 Å². The number of rotatable bonds is 4. The van der Waals surface area contributed by atoms with Gasteiger partial charge in [0, 0.05) is 23.8 Å². The molecule has 0 aliphatic carbocycles. The summed E-state index contributed by atoms with van der Waals surface area (Å²) in [6.07, 6.45) is 8.50. The quantitative estimate of drug-likeness (QED) is 0.788. The second kappa shape index (κ2) is 7.10. The molecule has 0 saturated carbocycles. The highest BCUT2D eigenvalue weighted by atomic mass is 32.2. The van der Waals surface area contributed by atoms with Crippen molar-refractivity contribution in [2.45, 2.75) is 30.2 Å². The number of hydrogen-bond acceptors (Lipinski definition) is 3. The van der Waals surface area contributed by atoms with Gasteiger partial charge in [-0.3, -0.25) is 9.88 Å². The highest BCUT2D eigenvalue weighted by molar-refractivity contribution is 7.98. The first kappa shape index (κ1) is 14.6. The lowest BCUT2D eigenvalue weighted by atomic mass is 9.90. The summed E-state index contributed by atoms with van der Waals surface area (Å²) in [7, 11) is 0. The Hall–Kier alpha value is -1.32. The molecule has 0 unspecified atom stereocenters. The maximum Gasteiger partial charge on any atom is 0.0270 e. The van der Waals surface area contributed by atoms with Crippen LogP contribution in [0.2, 0.25) is 0 Å². The summed E-state index contributed by atoms with van der Waals surface area (Å²) in [5.74, 6) is 0.708. The summed E-state index contributed by atoms with van der Waals surface area (Å²) in [5.41, 5.74) is 2.92. The number of thioether (sulfide) groups is 1. The van der Waals surface area contributed by atoms with Crippen LogP contribution in [0, 0.1) is 0 Å². The number of nitrogens with zero attached hydrogens (tertiary/aromatic N) is 2. The summed E-state index contributed by atoms with van der Waals surface area (Å²) in [6.45, 7) is 3.46. The van der Waals surface area contributed by atoms with Gasteiger partial charge in [-0.2, -0.15) is 0 Å². The highest BCUT2D eigenvalue weighted by Crippen LogP contribution is 2.29. The van der Waals surface area contributed by atoms with E-state index in [2.05, 4.69) is 52.5 Å². The zero-order valence-corrected chi connectivity index (χ0v) is 13.4. The van der Waals surface area contributed by atoms with Crippen molar-refractivity contribution < 1.29 is 0 Å². The Kier molecular flexibility index (Phi) is 4.94. The lowest BCUT2D eigenvalue weighted by Gasteiger charge is -2.32. The van der Waals surface area contributed by atoms with Crippen molar-refractivity contribution in [1.29, 1.82) is 0 Å². The van der Waals surface area contributed by atoms with E-state index < -0.39 is 0 Å². The molecule has 2 aromatic rings. The predicted molar refractivity (Wildman–Crippen MR) is 89.7 cm³/mol. The number of aromatic nitrogens is 1. The van der Waals surface area contributed by atoms with Crippen LogP contribution < -0.4 is 0 Å². The smallest absolute Gasteiger partial charge is 0.0270 e. The first-order chi connectivity index (χ1) is 10.4. The van der Waals surface area contributed by atoms with E-state index in [1.165, 1.54) is 42.0 Å². The number of pyridine rings is 1. The third kappa shape index (κ3) is 3.66. The molecule has 0 radical (unpaired) electrons. The molecule has 0 bridgehead atoms. The summed E-state index contributed by atoms with van der Waals surface area (Å²) in [6, 6.07) is 13.1. The molecule has 3 rings (SSSR count). The molecule has 1 aromatic heterocycles. The van der Waals surface area contributed by atoms with Crippen LogP contribution in [0.25, 0.3) is 0 Å². The molecule has 1 aliphatic rings. The number of hydrogen-bond donors (Lipinski definition) is 0. The van der Waals surface area contributed by atoms with Crippen LogP contribution >= 0.6 is 11.8 Å². The maximum atomic E-state index is 4.12. The van der Waals surface area contributed by atoms with Gasteiger partial charge in [0.2, 0.25) is 0 Å². The van der Waals surface area contributed by atoms with Gasteiger partial charge in [0.15, 0.2) is 0 Å². The van der Waals surface area contributed by atoms with Crippen LogP contribution in [0.15, 0.2) is 53.7 Å². The lowest BCUT2D eigenvalue weighted by Crippen LogP contribution is -2.32. The van der Waals surface area contributed by atoms with Crippen LogP contribution in [0.5, 0.6) is 0 Å². The summed E-state index contributed by atoms with van der Waals surface area (Å²) < 4.78 is 0. The second-order valence-electron chi connectivity index (χ2n) is 5.64. The third-order valence-corrected chi connectivity index (χ3v) is 5.19. The van der Waals surface area contributed by atoms with Crippen molar-refractivity contribution in [1.82, 2.24) is 9.88 Å². The number of benzene rings is 1. The van der Waals surface area contributed by atoms with Crippen molar-refractivity contribution >= 4 is 11.8 Å². The molecule has 21 heavy (non-hydrogen) atoms. The molecule has 0 spiro atoms. The van der Waals surface area contributed by atoms with Crippen molar-refractivity contribution in [3.05, 3.63) is 59.9 Å². The van der Waals surface area contributed by atoms with Gasteiger partial charge in [0.05, 0.1) is 0 Å². The summed E-state index contributed by atoms with van der Waals surface area (Å²) in [5, 5.41) is 0. The topological polar surface area (TPSA) is 16.1 Å². The van der Waals surface area contributed by atoms with Crippen molar-refractivity contribution in [2.24, 2.45) is 0 Å². The van der Waals surface area contributed by atoms with Crippen LogP contribution in [0.3, 0.4) is 0 Å². The van der Waals surface area contributed by atoms with Gasteiger partial charge >= 0.3 is 0 Å². The predicted octanol–water partition coefficient (Wildman–Crippen LogP) is 4.18. The minimum Gasteiger partial charge on any atom is -0.299 e. The molecule has 2 heterocycles. The maximum absolute atomic E-state index is 4.12. The molecule has 0 amide bonds. The fourth-order valence-electron chi connectivity index (χ4n) is 3.13. The van der Waals surface area contributed by atoms with Gasteiger partial charge in [-0.1, -0.05) is 18.2 Å². The monoisotopic (exact) mass is 298 g/mol. The summed E-state index contributed by atoms with van der Waals surface area (Å²) >= 11 is 1.85. The fraction of sp³-hybridized carbons (Fsp3) is 0.389. The van der Waals surface area contributed by atoms with E-state index in [1.807, 2.05) is 24.2 Å².